The minimum absolute atomic E-state index is 0. The highest BCUT2D eigenvalue weighted by Gasteiger charge is 2.26. The predicted molar refractivity (Wildman–Crippen MR) is 72.4 cm³/mol. The molecule has 0 heterocycles. The molecule has 1 amide bonds. The van der Waals surface area contributed by atoms with Crippen LogP contribution in [0, 0.1) is 11.3 Å². The summed E-state index contributed by atoms with van der Waals surface area (Å²) >= 11 is 0. The Morgan fingerprint density at radius 1 is 1.50 bits per heavy atom. The lowest BCUT2D eigenvalue weighted by Gasteiger charge is -2.34. The first-order valence-corrected chi connectivity index (χ1v) is 6.25. The van der Waals surface area contributed by atoms with Crippen molar-refractivity contribution in [2.75, 3.05) is 6.54 Å². The molecule has 0 aliphatic heterocycles. The van der Waals surface area contributed by atoms with Crippen LogP contribution in [0.5, 0.6) is 0 Å². The van der Waals surface area contributed by atoms with Crippen LogP contribution < -0.4 is 5.32 Å². The van der Waals surface area contributed by atoms with E-state index < -0.39 is 0 Å². The number of hydrogen-bond acceptors (Lipinski definition) is 1. The van der Waals surface area contributed by atoms with Gasteiger partial charge < -0.3 is 5.32 Å². The fourth-order valence-electron chi connectivity index (χ4n) is 1.98. The number of amides is 1. The summed E-state index contributed by atoms with van der Waals surface area (Å²) < 4.78 is 0. The van der Waals surface area contributed by atoms with Gasteiger partial charge in [-0.15, -0.1) is 0 Å². The van der Waals surface area contributed by atoms with Crippen molar-refractivity contribution >= 4 is 6.41 Å². The zero-order valence-electron chi connectivity index (χ0n) is 11.3. The van der Waals surface area contributed by atoms with E-state index in [4.69, 9.17) is 0 Å². The number of carbonyl (C=O) groups is 1. The molecule has 0 radical (unpaired) electrons. The smallest absolute Gasteiger partial charge is 0.207 e. The Morgan fingerprint density at radius 2 is 2.00 bits per heavy atom. The van der Waals surface area contributed by atoms with Crippen LogP contribution in [0.3, 0.4) is 0 Å². The number of allylic oxidation sites excluding steroid dienone is 1. The topological polar surface area (TPSA) is 29.1 Å². The average molecular weight is 227 g/mol. The minimum Gasteiger partial charge on any atom is -0.359 e. The number of carbonyl (C=O) groups excluding carboxylic acids is 1. The van der Waals surface area contributed by atoms with Crippen LogP contribution in [0.2, 0.25) is 0 Å². The molecule has 2 heteroatoms. The fourth-order valence-corrected chi connectivity index (χ4v) is 1.98. The Hall–Kier alpha value is -0.790. The van der Waals surface area contributed by atoms with E-state index in [-0.39, 0.29) is 1.43 Å². The van der Waals surface area contributed by atoms with Gasteiger partial charge in [-0.1, -0.05) is 26.0 Å². The van der Waals surface area contributed by atoms with Gasteiger partial charge in [0.05, 0.1) is 0 Å². The molecule has 0 bridgehead atoms. The second-order valence-electron chi connectivity index (χ2n) is 5.46. The van der Waals surface area contributed by atoms with E-state index in [0.717, 1.165) is 12.5 Å². The normalized spacial score (nSPS) is 19.2. The Kier molecular flexibility index (Phi) is 7.11. The first-order valence-electron chi connectivity index (χ1n) is 6.25. The molecule has 1 fully saturated rings. The lowest BCUT2D eigenvalue weighted by Crippen LogP contribution is -2.21. The average Bonchev–Trinajstić information content (AvgIpc) is 2.19. The highest BCUT2D eigenvalue weighted by Crippen LogP contribution is 2.39. The third kappa shape index (κ3) is 6.65. The highest BCUT2D eigenvalue weighted by atomic mass is 16.1. The molecular formula is C14H29NO. The third-order valence-electron chi connectivity index (χ3n) is 3.32. The molecule has 1 saturated carbocycles. The van der Waals surface area contributed by atoms with Crippen LogP contribution >= 0.6 is 0 Å². The van der Waals surface area contributed by atoms with E-state index in [1.165, 1.54) is 31.3 Å². The molecule has 96 valence electrons. The summed E-state index contributed by atoms with van der Waals surface area (Å²) in [6, 6.07) is 0. The molecular weight excluding hydrogens is 198 g/mol. The molecule has 0 aromatic carbocycles. The summed E-state index contributed by atoms with van der Waals surface area (Å²) in [5.41, 5.74) is 1.99. The van der Waals surface area contributed by atoms with Crippen LogP contribution in [0.4, 0.5) is 0 Å². The van der Waals surface area contributed by atoms with Gasteiger partial charge in [0, 0.05) is 7.97 Å². The molecule has 2 nitrogen and oxygen atoms in total. The Bertz CT molecular complexity index is 216. The van der Waals surface area contributed by atoms with Gasteiger partial charge in [0.25, 0.3) is 0 Å². The minimum atomic E-state index is 0. The summed E-state index contributed by atoms with van der Waals surface area (Å²) in [4.78, 5) is 9.29. The molecule has 1 aliphatic rings. The van der Waals surface area contributed by atoms with E-state index in [1.807, 2.05) is 6.92 Å². The van der Waals surface area contributed by atoms with E-state index in [2.05, 4.69) is 32.7 Å². The van der Waals surface area contributed by atoms with Gasteiger partial charge in [0.1, 0.15) is 0 Å². The summed E-state index contributed by atoms with van der Waals surface area (Å²) in [6.07, 6.45) is 6.17. The molecule has 1 rings (SSSR count). The van der Waals surface area contributed by atoms with E-state index in [1.54, 1.807) is 0 Å². The molecule has 0 aromatic rings. The quantitative estimate of drug-likeness (QED) is 0.577. The van der Waals surface area contributed by atoms with E-state index >= 15 is 0 Å². The lowest BCUT2D eigenvalue weighted by atomic mass is 9.71. The largest absolute Gasteiger partial charge is 0.359 e. The molecule has 0 spiro atoms. The van der Waals surface area contributed by atoms with Gasteiger partial charge in [-0.3, -0.25) is 4.79 Å². The molecule has 1 N–H and O–H groups in total. The van der Waals surface area contributed by atoms with Crippen molar-refractivity contribution in [2.24, 2.45) is 11.3 Å². The van der Waals surface area contributed by atoms with Gasteiger partial charge in [0.2, 0.25) is 6.41 Å². The maximum absolute atomic E-state index is 9.29. The maximum Gasteiger partial charge on any atom is 0.207 e. The van der Waals surface area contributed by atoms with Crippen LogP contribution in [0.25, 0.3) is 0 Å². The Morgan fingerprint density at radius 3 is 2.25 bits per heavy atom. The molecule has 0 unspecified atom stereocenters. The van der Waals surface area contributed by atoms with Gasteiger partial charge >= 0.3 is 0 Å². The van der Waals surface area contributed by atoms with Crippen LogP contribution in [-0.4, -0.2) is 13.0 Å². The van der Waals surface area contributed by atoms with Crippen molar-refractivity contribution in [2.45, 2.75) is 53.4 Å². The van der Waals surface area contributed by atoms with Crippen molar-refractivity contribution in [3.8, 4) is 0 Å². The first-order chi connectivity index (χ1) is 7.43. The molecule has 0 saturated heterocycles. The highest BCUT2D eigenvalue weighted by molar-refractivity contribution is 5.45. The number of hydrogen-bond donors (Lipinski definition) is 1. The molecule has 0 atom stereocenters. The standard InChI is InChI=1S/C11H20.C3H7NO.H2/c1-9(2)10-5-7-11(3,4)8-6-10;1-2-4-3-5;/h10H,1,5-8H2,2-4H3;3H,2H2,1H3,(H,4,5);1H. The summed E-state index contributed by atoms with van der Waals surface area (Å²) in [5.74, 6) is 0.822. The van der Waals surface area contributed by atoms with Crippen LogP contribution in [0.15, 0.2) is 12.2 Å². The van der Waals surface area contributed by atoms with Gasteiger partial charge in [0.15, 0.2) is 0 Å². The molecule has 0 aromatic heterocycles. The molecule has 1 aliphatic carbocycles. The summed E-state index contributed by atoms with van der Waals surface area (Å²) in [5, 5.41) is 2.43. The van der Waals surface area contributed by atoms with Crippen LogP contribution in [-0.2, 0) is 4.79 Å². The van der Waals surface area contributed by atoms with Crippen molar-refractivity contribution in [1.82, 2.24) is 5.32 Å². The zero-order chi connectivity index (χ0) is 12.6. The van der Waals surface area contributed by atoms with E-state index in [9.17, 15) is 4.79 Å². The monoisotopic (exact) mass is 227 g/mol. The van der Waals surface area contributed by atoms with Crippen molar-refractivity contribution < 1.29 is 6.22 Å². The Labute approximate surface area is 102 Å². The lowest BCUT2D eigenvalue weighted by molar-refractivity contribution is -0.109. The van der Waals surface area contributed by atoms with Gasteiger partial charge in [-0.05, 0) is 50.9 Å². The molecule has 16 heavy (non-hydrogen) atoms. The Balaban J connectivity index is 0. The summed E-state index contributed by atoms with van der Waals surface area (Å²) in [7, 11) is 0. The van der Waals surface area contributed by atoms with Crippen molar-refractivity contribution in [1.29, 1.82) is 0 Å². The van der Waals surface area contributed by atoms with Crippen LogP contribution in [0.1, 0.15) is 54.8 Å². The first kappa shape index (κ1) is 15.2. The van der Waals surface area contributed by atoms with Gasteiger partial charge in [-0.2, -0.15) is 0 Å². The van der Waals surface area contributed by atoms with Crippen molar-refractivity contribution in [3.63, 3.8) is 0 Å². The SMILES string of the molecule is C=C(C)C1CCC(C)(C)CC1.CCNC=O.[HH]. The second-order valence-corrected chi connectivity index (χ2v) is 5.46. The third-order valence-corrected chi connectivity index (χ3v) is 3.32. The predicted octanol–water partition coefficient (Wildman–Crippen LogP) is 3.78. The zero-order valence-corrected chi connectivity index (χ0v) is 11.3. The number of rotatable bonds is 3. The second kappa shape index (κ2) is 7.48. The number of nitrogens with one attached hydrogen (secondary N) is 1. The van der Waals surface area contributed by atoms with Gasteiger partial charge in [-0.25, -0.2) is 0 Å². The fraction of sp³-hybridized carbons (Fsp3) is 0.786. The summed E-state index contributed by atoms with van der Waals surface area (Å²) in [6.45, 7) is 13.5. The van der Waals surface area contributed by atoms with E-state index in [0.29, 0.717) is 11.8 Å². The maximum atomic E-state index is 9.29. The van der Waals surface area contributed by atoms with Crippen molar-refractivity contribution in [3.05, 3.63) is 12.2 Å².